The maximum Gasteiger partial charge on any atom is 0.111 e. The lowest BCUT2D eigenvalue weighted by molar-refractivity contribution is 0.885. The molecule has 0 saturated heterocycles. The van der Waals surface area contributed by atoms with Crippen molar-refractivity contribution in [1.29, 1.82) is 0 Å². The lowest BCUT2D eigenvalue weighted by Gasteiger charge is -2.18. The Bertz CT molecular complexity index is 1680. The first kappa shape index (κ1) is 19.4. The number of fused-ring (bicyclic) bond motifs is 7. The molecule has 0 bridgehead atoms. The van der Waals surface area contributed by atoms with E-state index in [0.717, 1.165) is 12.4 Å². The number of para-hydroxylation sites is 2. The Hall–Kier alpha value is -4.24. The van der Waals surface area contributed by atoms with Crippen LogP contribution in [0.2, 0.25) is 0 Å². The van der Waals surface area contributed by atoms with Gasteiger partial charge in [0.25, 0.3) is 0 Å². The van der Waals surface area contributed by atoms with E-state index >= 15 is 0 Å². The Balaban J connectivity index is 1.78. The molecule has 3 heterocycles. The number of benzene rings is 3. The molecule has 1 N–H and O–H groups in total. The summed E-state index contributed by atoms with van der Waals surface area (Å²) >= 11 is 0. The molecule has 0 amide bonds. The van der Waals surface area contributed by atoms with Crippen LogP contribution in [0.15, 0.2) is 109 Å². The summed E-state index contributed by atoms with van der Waals surface area (Å²) in [6, 6.07) is 21.9. The predicted octanol–water partition coefficient (Wildman–Crippen LogP) is 7.46. The summed E-state index contributed by atoms with van der Waals surface area (Å²) in [5.41, 5.74) is 6.18. The highest BCUT2D eigenvalue weighted by molar-refractivity contribution is 6.26. The molecule has 1 aliphatic rings. The molecule has 0 saturated carbocycles. The normalized spacial score (nSPS) is 14.6. The van der Waals surface area contributed by atoms with Crippen molar-refractivity contribution >= 4 is 55.6 Å². The van der Waals surface area contributed by atoms with Gasteiger partial charge in [-0.15, -0.1) is 0 Å². The SMILES string of the molecule is C=C/C=C\C=C/n1c2ccccc2c2ccc3c(c4ccccc4n3C3=CC=C(C)CN3)c21. The smallest absolute Gasteiger partial charge is 0.111 e. The maximum atomic E-state index is 3.78. The first-order valence-corrected chi connectivity index (χ1v) is 11.3. The third-order valence-corrected chi connectivity index (χ3v) is 6.41. The third kappa shape index (κ3) is 2.97. The average Bonchev–Trinajstić information content (AvgIpc) is 3.35. The Morgan fingerprint density at radius 3 is 2.36 bits per heavy atom. The molecule has 5 aromatic rings. The minimum atomic E-state index is 0.862. The standard InChI is InChI=1S/C30H25N3/c1-3-4-5-10-19-32-25-13-8-6-11-22(25)23-16-17-27-29(30(23)32)24-12-7-9-14-26(24)33(27)28-18-15-21(2)20-31-28/h3-19,31H,1,20H2,2H3/b5-4-,19-10-. The van der Waals surface area contributed by atoms with Crippen LogP contribution in [0.4, 0.5) is 0 Å². The molecule has 0 fully saturated rings. The van der Waals surface area contributed by atoms with E-state index in [1.165, 1.54) is 49.2 Å². The van der Waals surface area contributed by atoms with E-state index in [9.17, 15) is 0 Å². The zero-order valence-corrected chi connectivity index (χ0v) is 18.6. The van der Waals surface area contributed by atoms with Crippen molar-refractivity contribution in [3.05, 3.63) is 109 Å². The van der Waals surface area contributed by atoms with Gasteiger partial charge in [0.05, 0.1) is 22.1 Å². The highest BCUT2D eigenvalue weighted by Crippen LogP contribution is 2.40. The zero-order valence-electron chi connectivity index (χ0n) is 18.6. The lowest BCUT2D eigenvalue weighted by Crippen LogP contribution is -2.21. The number of hydrogen-bond donors (Lipinski definition) is 1. The Morgan fingerprint density at radius 1 is 0.788 bits per heavy atom. The number of aromatic nitrogens is 2. The summed E-state index contributed by atoms with van der Waals surface area (Å²) in [6.07, 6.45) is 14.4. The molecular weight excluding hydrogens is 402 g/mol. The van der Waals surface area contributed by atoms with E-state index in [-0.39, 0.29) is 0 Å². The van der Waals surface area contributed by atoms with Crippen molar-refractivity contribution in [3.63, 3.8) is 0 Å². The van der Waals surface area contributed by atoms with Crippen molar-refractivity contribution in [2.45, 2.75) is 6.92 Å². The predicted molar refractivity (Wildman–Crippen MR) is 143 cm³/mol. The van der Waals surface area contributed by atoms with Gasteiger partial charge in [0, 0.05) is 34.3 Å². The summed E-state index contributed by atoms with van der Waals surface area (Å²) < 4.78 is 4.68. The van der Waals surface area contributed by atoms with Crippen molar-refractivity contribution in [2.24, 2.45) is 0 Å². The van der Waals surface area contributed by atoms with E-state index in [4.69, 9.17) is 0 Å². The third-order valence-electron chi connectivity index (χ3n) is 6.41. The van der Waals surface area contributed by atoms with Gasteiger partial charge < -0.3 is 9.88 Å². The average molecular weight is 428 g/mol. The number of hydrogen-bond acceptors (Lipinski definition) is 1. The fraction of sp³-hybridized carbons (Fsp3) is 0.0667. The van der Waals surface area contributed by atoms with Crippen LogP contribution in [0.5, 0.6) is 0 Å². The number of dihydropyridines is 1. The second-order valence-corrected chi connectivity index (χ2v) is 8.48. The summed E-state index contributed by atoms with van der Waals surface area (Å²) in [6.45, 7) is 6.79. The second kappa shape index (κ2) is 7.72. The highest BCUT2D eigenvalue weighted by Gasteiger charge is 2.20. The molecule has 6 rings (SSSR count). The Labute approximate surface area is 192 Å². The molecule has 1 aliphatic heterocycles. The minimum absolute atomic E-state index is 0.862. The molecule has 0 unspecified atom stereocenters. The van der Waals surface area contributed by atoms with Gasteiger partial charge >= 0.3 is 0 Å². The molecule has 3 aromatic carbocycles. The molecule has 2 aromatic heterocycles. The molecular formula is C30H25N3. The zero-order chi connectivity index (χ0) is 22.4. The van der Waals surface area contributed by atoms with Crippen LogP contribution < -0.4 is 5.32 Å². The molecule has 3 nitrogen and oxygen atoms in total. The first-order chi connectivity index (χ1) is 16.3. The van der Waals surface area contributed by atoms with Crippen molar-refractivity contribution in [1.82, 2.24) is 14.5 Å². The Kier molecular flexibility index (Phi) is 4.55. The molecule has 0 aliphatic carbocycles. The van der Waals surface area contributed by atoms with Gasteiger partial charge in [-0.1, -0.05) is 78.9 Å². The van der Waals surface area contributed by atoms with Gasteiger partial charge in [-0.25, -0.2) is 0 Å². The van der Waals surface area contributed by atoms with Gasteiger partial charge in [0.15, 0.2) is 0 Å². The van der Waals surface area contributed by atoms with Gasteiger partial charge in [0.1, 0.15) is 5.82 Å². The van der Waals surface area contributed by atoms with Crippen molar-refractivity contribution < 1.29 is 0 Å². The van der Waals surface area contributed by atoms with Crippen molar-refractivity contribution in [3.8, 4) is 0 Å². The quantitative estimate of drug-likeness (QED) is 0.295. The fourth-order valence-corrected chi connectivity index (χ4v) is 4.96. The van der Waals surface area contributed by atoms with Crippen LogP contribution in [-0.2, 0) is 0 Å². The molecule has 3 heteroatoms. The van der Waals surface area contributed by atoms with Crippen LogP contribution in [0.25, 0.3) is 55.6 Å². The molecule has 0 atom stereocenters. The van der Waals surface area contributed by atoms with Gasteiger partial charge in [0.2, 0.25) is 0 Å². The summed E-state index contributed by atoms with van der Waals surface area (Å²) in [4.78, 5) is 0. The molecule has 0 radical (unpaired) electrons. The monoisotopic (exact) mass is 427 g/mol. The first-order valence-electron chi connectivity index (χ1n) is 11.3. The number of nitrogens with zero attached hydrogens (tertiary/aromatic N) is 2. The lowest BCUT2D eigenvalue weighted by atomic mass is 10.1. The summed E-state index contributed by atoms with van der Waals surface area (Å²) in [5, 5.41) is 8.66. The summed E-state index contributed by atoms with van der Waals surface area (Å²) in [7, 11) is 0. The number of rotatable bonds is 4. The van der Waals surface area contributed by atoms with E-state index in [2.05, 4.69) is 113 Å². The largest absolute Gasteiger partial charge is 0.367 e. The van der Waals surface area contributed by atoms with Crippen LogP contribution in [-0.4, -0.2) is 15.7 Å². The van der Waals surface area contributed by atoms with Crippen LogP contribution >= 0.6 is 0 Å². The van der Waals surface area contributed by atoms with E-state index < -0.39 is 0 Å². The van der Waals surface area contributed by atoms with Gasteiger partial charge in [-0.3, -0.25) is 4.57 Å². The number of nitrogens with one attached hydrogen (secondary N) is 1. The van der Waals surface area contributed by atoms with Crippen LogP contribution in [0.1, 0.15) is 6.92 Å². The van der Waals surface area contributed by atoms with E-state index in [1.54, 1.807) is 6.08 Å². The maximum absolute atomic E-state index is 3.78. The van der Waals surface area contributed by atoms with Crippen molar-refractivity contribution in [2.75, 3.05) is 6.54 Å². The molecule has 0 spiro atoms. The van der Waals surface area contributed by atoms with Crippen LogP contribution in [0.3, 0.4) is 0 Å². The molecule has 160 valence electrons. The summed E-state index contributed by atoms with van der Waals surface area (Å²) in [5.74, 6) is 1.11. The second-order valence-electron chi connectivity index (χ2n) is 8.48. The molecule has 33 heavy (non-hydrogen) atoms. The van der Waals surface area contributed by atoms with Crippen LogP contribution in [0, 0.1) is 0 Å². The van der Waals surface area contributed by atoms with Gasteiger partial charge in [-0.2, -0.15) is 0 Å². The fourth-order valence-electron chi connectivity index (χ4n) is 4.96. The topological polar surface area (TPSA) is 21.9 Å². The van der Waals surface area contributed by atoms with E-state index in [1.807, 2.05) is 12.2 Å². The Morgan fingerprint density at radius 2 is 1.58 bits per heavy atom. The highest BCUT2D eigenvalue weighted by atomic mass is 15.1. The van der Waals surface area contributed by atoms with Gasteiger partial charge in [-0.05, 0) is 37.3 Å². The number of allylic oxidation sites excluding steroid dienone is 6. The minimum Gasteiger partial charge on any atom is -0.367 e. The van der Waals surface area contributed by atoms with E-state index in [0.29, 0.717) is 0 Å².